The minimum absolute atomic E-state index is 0.0551. The molecule has 0 N–H and O–H groups in total. The molecule has 0 radical (unpaired) electrons. The van der Waals surface area contributed by atoms with Crippen LogP contribution >= 0.6 is 11.3 Å². The molecular weight excluding hydrogens is 283 g/mol. The summed E-state index contributed by atoms with van der Waals surface area (Å²) in [6, 6.07) is 1.49. The Hall–Kier alpha value is -1.05. The molecule has 3 rings (SSSR count). The first-order valence-corrected chi connectivity index (χ1v) is 7.17. The van der Waals surface area contributed by atoms with E-state index < -0.39 is 30.0 Å². The molecule has 1 aliphatic heterocycles. The zero-order valence-electron chi connectivity index (χ0n) is 11.7. The van der Waals surface area contributed by atoms with Crippen molar-refractivity contribution in [2.24, 2.45) is 0 Å². The molecule has 1 aromatic heterocycles. The molecule has 2 aromatic rings. The molecule has 20 heavy (non-hydrogen) atoms. The van der Waals surface area contributed by atoms with E-state index in [4.69, 9.17) is 9.31 Å². The van der Waals surface area contributed by atoms with E-state index in [0.29, 0.717) is 5.52 Å². The van der Waals surface area contributed by atoms with E-state index in [0.717, 1.165) is 11.3 Å². The second-order valence-electron chi connectivity index (χ2n) is 5.88. The van der Waals surface area contributed by atoms with Crippen LogP contribution in [-0.2, 0) is 9.31 Å². The van der Waals surface area contributed by atoms with Gasteiger partial charge in [-0.3, -0.25) is 0 Å². The normalized spacial score (nSPS) is 20.8. The summed E-state index contributed by atoms with van der Waals surface area (Å²) < 4.78 is 40.0. The van der Waals surface area contributed by atoms with Gasteiger partial charge >= 0.3 is 7.12 Å². The van der Waals surface area contributed by atoms with Gasteiger partial charge in [-0.1, -0.05) is 0 Å². The highest BCUT2D eigenvalue weighted by atomic mass is 32.1. The van der Waals surface area contributed by atoms with Gasteiger partial charge < -0.3 is 9.31 Å². The zero-order valence-corrected chi connectivity index (χ0v) is 12.5. The molecule has 0 bridgehead atoms. The van der Waals surface area contributed by atoms with Crippen molar-refractivity contribution in [2.45, 2.75) is 38.9 Å². The van der Waals surface area contributed by atoms with Gasteiger partial charge in [0.15, 0.2) is 11.6 Å². The molecule has 1 aliphatic rings. The summed E-state index contributed by atoms with van der Waals surface area (Å²) in [5.74, 6) is -1.82. The maximum Gasteiger partial charge on any atom is 0.498 e. The second-order valence-corrected chi connectivity index (χ2v) is 6.74. The van der Waals surface area contributed by atoms with Crippen LogP contribution in [0.25, 0.3) is 10.2 Å². The largest absolute Gasteiger partial charge is 0.498 e. The van der Waals surface area contributed by atoms with Gasteiger partial charge in [0.2, 0.25) is 0 Å². The van der Waals surface area contributed by atoms with Crippen molar-refractivity contribution in [3.8, 4) is 0 Å². The molecule has 0 saturated carbocycles. The number of hydrogen-bond donors (Lipinski definition) is 0. The predicted octanol–water partition coefficient (Wildman–Crippen LogP) is 2.87. The Morgan fingerprint density at radius 2 is 1.70 bits per heavy atom. The van der Waals surface area contributed by atoms with E-state index in [1.54, 1.807) is 0 Å². The van der Waals surface area contributed by atoms with Crippen molar-refractivity contribution in [2.75, 3.05) is 0 Å². The molecule has 0 unspecified atom stereocenters. The lowest BCUT2D eigenvalue weighted by Crippen LogP contribution is -2.41. The Morgan fingerprint density at radius 1 is 1.10 bits per heavy atom. The van der Waals surface area contributed by atoms with Crippen LogP contribution in [0.5, 0.6) is 0 Å². The smallest absolute Gasteiger partial charge is 0.399 e. The lowest BCUT2D eigenvalue weighted by Gasteiger charge is -2.32. The SMILES string of the molecule is CC1(C)OB(c2cc3ncsc3c(F)c2F)OC1(C)C. The molecule has 106 valence electrons. The summed E-state index contributed by atoms with van der Waals surface area (Å²) in [7, 11) is -0.930. The summed E-state index contributed by atoms with van der Waals surface area (Å²) in [5, 5.41) is 0. The molecule has 1 saturated heterocycles. The molecule has 0 aliphatic carbocycles. The van der Waals surface area contributed by atoms with Gasteiger partial charge in [-0.2, -0.15) is 0 Å². The molecule has 0 amide bonds. The van der Waals surface area contributed by atoms with Crippen LogP contribution in [0.3, 0.4) is 0 Å². The third-order valence-corrected chi connectivity index (χ3v) is 4.87. The Labute approximate surface area is 120 Å². The predicted molar refractivity (Wildman–Crippen MR) is 75.3 cm³/mol. The minimum Gasteiger partial charge on any atom is -0.399 e. The highest BCUT2D eigenvalue weighted by molar-refractivity contribution is 7.16. The number of aromatic nitrogens is 1. The number of halogens is 2. The third kappa shape index (κ3) is 1.88. The van der Waals surface area contributed by atoms with Gasteiger partial charge in [-0.15, -0.1) is 11.3 Å². The minimum atomic E-state index is -0.930. The molecule has 1 fully saturated rings. The molecule has 0 spiro atoms. The number of benzene rings is 1. The van der Waals surface area contributed by atoms with Crippen molar-refractivity contribution in [1.29, 1.82) is 0 Å². The molecule has 7 heteroatoms. The van der Waals surface area contributed by atoms with Gasteiger partial charge in [-0.05, 0) is 33.8 Å². The number of fused-ring (bicyclic) bond motifs is 1. The van der Waals surface area contributed by atoms with Crippen molar-refractivity contribution in [3.05, 3.63) is 23.2 Å². The fraction of sp³-hybridized carbons (Fsp3) is 0.462. The summed E-state index contributed by atoms with van der Waals surface area (Å²) in [4.78, 5) is 4.03. The van der Waals surface area contributed by atoms with Gasteiger partial charge in [0.25, 0.3) is 0 Å². The molecular formula is C13H14BF2NO2S. The maximum absolute atomic E-state index is 14.2. The standard InChI is InChI=1S/C13H14BF2NO2S/c1-12(2)13(3,4)19-14(18-12)7-5-8-11(20-6-17-8)10(16)9(7)15/h5-6H,1-4H3. The van der Waals surface area contributed by atoms with Crippen molar-refractivity contribution < 1.29 is 18.1 Å². The second kappa shape index (κ2) is 4.22. The van der Waals surface area contributed by atoms with Crippen LogP contribution in [0.4, 0.5) is 8.78 Å². The molecule has 1 aromatic carbocycles. The number of thiazole rings is 1. The first-order valence-electron chi connectivity index (χ1n) is 6.30. The van der Waals surface area contributed by atoms with Crippen molar-refractivity contribution >= 4 is 34.1 Å². The number of hydrogen-bond acceptors (Lipinski definition) is 4. The summed E-state index contributed by atoms with van der Waals surface area (Å²) >= 11 is 1.07. The van der Waals surface area contributed by atoms with E-state index in [9.17, 15) is 8.78 Å². The summed E-state index contributed by atoms with van der Waals surface area (Å²) in [6.07, 6.45) is 0. The van der Waals surface area contributed by atoms with E-state index in [1.807, 2.05) is 27.7 Å². The maximum atomic E-state index is 14.2. The van der Waals surface area contributed by atoms with Crippen LogP contribution in [0, 0.1) is 11.6 Å². The highest BCUT2D eigenvalue weighted by Crippen LogP contribution is 2.37. The van der Waals surface area contributed by atoms with Gasteiger partial charge in [0, 0.05) is 5.46 Å². The summed E-state index contributed by atoms with van der Waals surface area (Å²) in [5.41, 5.74) is 0.759. The van der Waals surface area contributed by atoms with Crippen LogP contribution in [0.15, 0.2) is 11.6 Å². The van der Waals surface area contributed by atoms with Crippen molar-refractivity contribution in [1.82, 2.24) is 4.98 Å². The van der Waals surface area contributed by atoms with Gasteiger partial charge in [0.1, 0.15) is 0 Å². The highest BCUT2D eigenvalue weighted by Gasteiger charge is 2.52. The van der Waals surface area contributed by atoms with E-state index in [2.05, 4.69) is 4.98 Å². The van der Waals surface area contributed by atoms with Crippen LogP contribution in [-0.4, -0.2) is 23.3 Å². The Bertz CT molecular complexity index is 670. The fourth-order valence-corrected chi connectivity index (χ4v) is 2.80. The molecule has 0 atom stereocenters. The lowest BCUT2D eigenvalue weighted by atomic mass is 9.78. The van der Waals surface area contributed by atoms with Gasteiger partial charge in [-0.25, -0.2) is 13.8 Å². The fourth-order valence-electron chi connectivity index (χ4n) is 2.10. The quantitative estimate of drug-likeness (QED) is 0.758. The molecule has 3 nitrogen and oxygen atoms in total. The van der Waals surface area contributed by atoms with E-state index in [-0.39, 0.29) is 10.2 Å². The van der Waals surface area contributed by atoms with Crippen LogP contribution in [0.1, 0.15) is 27.7 Å². The number of rotatable bonds is 1. The molecule has 2 heterocycles. The van der Waals surface area contributed by atoms with E-state index >= 15 is 0 Å². The Morgan fingerprint density at radius 3 is 2.30 bits per heavy atom. The van der Waals surface area contributed by atoms with Crippen LogP contribution in [0.2, 0.25) is 0 Å². The van der Waals surface area contributed by atoms with Gasteiger partial charge in [0.05, 0.1) is 26.9 Å². The monoisotopic (exact) mass is 297 g/mol. The van der Waals surface area contributed by atoms with Crippen LogP contribution < -0.4 is 5.46 Å². The average Bonchev–Trinajstić information content (AvgIpc) is 2.87. The number of nitrogens with zero attached hydrogens (tertiary/aromatic N) is 1. The van der Waals surface area contributed by atoms with Crippen molar-refractivity contribution in [3.63, 3.8) is 0 Å². The Kier molecular flexibility index (Phi) is 2.94. The van der Waals surface area contributed by atoms with E-state index in [1.165, 1.54) is 11.6 Å². The summed E-state index contributed by atoms with van der Waals surface area (Å²) in [6.45, 7) is 7.45. The third-order valence-electron chi connectivity index (χ3n) is 4.04. The first kappa shape index (κ1) is 13.9. The Balaban J connectivity index is 2.10. The first-order chi connectivity index (χ1) is 9.23. The topological polar surface area (TPSA) is 31.4 Å². The zero-order chi connectivity index (χ0) is 14.7. The average molecular weight is 297 g/mol. The lowest BCUT2D eigenvalue weighted by molar-refractivity contribution is 0.00578.